The van der Waals surface area contributed by atoms with Crippen molar-refractivity contribution in [3.63, 3.8) is 0 Å². The summed E-state index contributed by atoms with van der Waals surface area (Å²) in [4.78, 5) is 5.68. The van der Waals surface area contributed by atoms with Crippen LogP contribution < -0.4 is 4.74 Å². The molecule has 1 aliphatic rings. The first-order chi connectivity index (χ1) is 14.7. The van der Waals surface area contributed by atoms with Crippen LogP contribution in [0.1, 0.15) is 15.7 Å². The highest BCUT2D eigenvalue weighted by molar-refractivity contribution is 8.14. The monoisotopic (exact) mass is 450 g/mol. The molecule has 0 spiro atoms. The Balaban J connectivity index is 1.66. The van der Waals surface area contributed by atoms with Crippen LogP contribution in [0, 0.1) is 9.77 Å². The number of aliphatic imine (C=N–C) groups is 1. The average molecular weight is 451 g/mol. The van der Waals surface area contributed by atoms with E-state index in [9.17, 15) is 4.39 Å². The van der Waals surface area contributed by atoms with Crippen molar-refractivity contribution >= 4 is 46.2 Å². The van der Waals surface area contributed by atoms with E-state index in [1.165, 1.54) is 23.9 Å². The number of hydrogen-bond donors (Lipinski definition) is 0. The molecule has 0 aliphatic carbocycles. The Labute approximate surface area is 186 Å². The van der Waals surface area contributed by atoms with Gasteiger partial charge in [-0.1, -0.05) is 60.3 Å². The molecule has 0 N–H and O–H groups in total. The molecule has 148 valence electrons. The zero-order valence-corrected chi connectivity index (χ0v) is 18.0. The van der Waals surface area contributed by atoms with Gasteiger partial charge in [-0.25, -0.2) is 9.38 Å². The van der Waals surface area contributed by atoms with Crippen LogP contribution >= 0.6 is 35.3 Å². The van der Waals surface area contributed by atoms with E-state index in [0.717, 1.165) is 20.1 Å². The lowest BCUT2D eigenvalue weighted by Gasteiger charge is -2.24. The molecule has 0 saturated heterocycles. The number of nitrogens with zero attached hydrogens (tertiary/aromatic N) is 2. The summed E-state index contributed by atoms with van der Waals surface area (Å²) in [5, 5.41) is 0.506. The van der Waals surface area contributed by atoms with Crippen molar-refractivity contribution in [2.45, 2.75) is 5.25 Å². The van der Waals surface area contributed by atoms with Crippen LogP contribution in [0.25, 0.3) is 5.69 Å². The molecular weight excluding hydrogens is 435 g/mol. The Morgan fingerprint density at radius 1 is 0.900 bits per heavy atom. The van der Waals surface area contributed by atoms with Gasteiger partial charge in [0.2, 0.25) is 5.88 Å². The molecule has 1 unspecified atom stereocenters. The van der Waals surface area contributed by atoms with E-state index >= 15 is 0 Å². The second-order valence-corrected chi connectivity index (χ2v) is 9.31. The lowest BCUT2D eigenvalue weighted by Crippen LogP contribution is -2.17. The third kappa shape index (κ3) is 3.71. The Hall–Kier alpha value is -2.74. The lowest BCUT2D eigenvalue weighted by atomic mass is 10.1. The molecule has 0 amide bonds. The first-order valence-corrected chi connectivity index (χ1v) is 11.3. The number of rotatable bonds is 3. The van der Waals surface area contributed by atoms with Gasteiger partial charge in [0.15, 0.2) is 3.95 Å². The molecule has 0 fully saturated rings. The van der Waals surface area contributed by atoms with Crippen LogP contribution in [0.4, 0.5) is 10.1 Å². The van der Waals surface area contributed by atoms with E-state index in [2.05, 4.69) is 17.1 Å². The molecule has 1 aromatic heterocycles. The second kappa shape index (κ2) is 8.18. The quantitative estimate of drug-likeness (QED) is 0.306. The van der Waals surface area contributed by atoms with Crippen LogP contribution in [0.2, 0.25) is 0 Å². The standard InChI is InChI=1S/C23H15FN2OS3/c24-16-11-13-17(14-12-16)25-22-27-21-20(19(29-22)15-7-3-1-4-8-15)30-23(28)26(21)18-9-5-2-6-10-18/h1-14,19H. The van der Waals surface area contributed by atoms with E-state index in [1.807, 2.05) is 53.1 Å². The molecule has 3 nitrogen and oxygen atoms in total. The molecular formula is C23H15FN2OS3. The summed E-state index contributed by atoms with van der Waals surface area (Å²) >= 11 is 8.78. The van der Waals surface area contributed by atoms with Gasteiger partial charge in [-0.05, 0) is 54.2 Å². The van der Waals surface area contributed by atoms with Gasteiger partial charge in [0.05, 0.1) is 21.5 Å². The highest BCUT2D eigenvalue weighted by atomic mass is 32.2. The molecule has 1 atom stereocenters. The summed E-state index contributed by atoms with van der Waals surface area (Å²) in [7, 11) is 0. The van der Waals surface area contributed by atoms with Gasteiger partial charge < -0.3 is 4.74 Å². The van der Waals surface area contributed by atoms with Gasteiger partial charge >= 0.3 is 0 Å². The van der Waals surface area contributed by atoms with Crippen LogP contribution in [0.5, 0.6) is 5.88 Å². The molecule has 5 rings (SSSR count). The number of thioether (sulfide) groups is 1. The van der Waals surface area contributed by atoms with E-state index in [-0.39, 0.29) is 11.1 Å². The molecule has 3 aromatic carbocycles. The Morgan fingerprint density at radius 3 is 2.27 bits per heavy atom. The molecule has 1 aliphatic heterocycles. The third-order valence-corrected chi connectivity index (χ3v) is 7.29. The predicted molar refractivity (Wildman–Crippen MR) is 124 cm³/mol. The predicted octanol–water partition coefficient (Wildman–Crippen LogP) is 7.31. The molecule has 0 bridgehead atoms. The minimum Gasteiger partial charge on any atom is -0.415 e. The second-order valence-electron chi connectivity index (χ2n) is 6.57. The van der Waals surface area contributed by atoms with Gasteiger partial charge in [0, 0.05) is 0 Å². The number of halogens is 1. The summed E-state index contributed by atoms with van der Waals surface area (Å²) in [5.74, 6) is 0.390. The number of para-hydroxylation sites is 1. The Bertz CT molecular complexity index is 1270. The zero-order valence-electron chi connectivity index (χ0n) is 15.6. The van der Waals surface area contributed by atoms with Crippen LogP contribution in [0.3, 0.4) is 0 Å². The van der Waals surface area contributed by atoms with Gasteiger partial charge in [-0.3, -0.25) is 4.57 Å². The number of aromatic nitrogens is 1. The van der Waals surface area contributed by atoms with Crippen molar-refractivity contribution in [3.8, 4) is 11.6 Å². The van der Waals surface area contributed by atoms with Gasteiger partial charge in [-0.2, -0.15) is 0 Å². The number of thiazole rings is 1. The van der Waals surface area contributed by atoms with Gasteiger partial charge in [0.25, 0.3) is 5.23 Å². The van der Waals surface area contributed by atoms with Crippen molar-refractivity contribution in [2.75, 3.05) is 0 Å². The maximum absolute atomic E-state index is 13.3. The Morgan fingerprint density at radius 2 is 1.57 bits per heavy atom. The number of benzene rings is 3. The van der Waals surface area contributed by atoms with Gasteiger partial charge in [0.1, 0.15) is 5.82 Å². The SMILES string of the molecule is Fc1ccc(N=C2Oc3c(sc(=S)n3-c3ccccc3)C(c3ccccc3)S2)cc1. The first kappa shape index (κ1) is 19.2. The fourth-order valence-electron chi connectivity index (χ4n) is 3.22. The van der Waals surface area contributed by atoms with Crippen molar-refractivity contribution in [2.24, 2.45) is 4.99 Å². The third-order valence-electron chi connectivity index (χ3n) is 4.60. The molecule has 30 heavy (non-hydrogen) atoms. The smallest absolute Gasteiger partial charge is 0.258 e. The topological polar surface area (TPSA) is 26.5 Å². The number of ether oxygens (including phenoxy) is 1. The fourth-order valence-corrected chi connectivity index (χ4v) is 5.88. The normalized spacial score (nSPS) is 16.8. The lowest BCUT2D eigenvalue weighted by molar-refractivity contribution is 0.517. The fraction of sp³-hybridized carbons (Fsp3) is 0.0435. The average Bonchev–Trinajstić information content (AvgIpc) is 3.11. The minimum atomic E-state index is -0.295. The highest BCUT2D eigenvalue weighted by Crippen LogP contribution is 2.49. The summed E-state index contributed by atoms with van der Waals surface area (Å²) in [6.45, 7) is 0. The van der Waals surface area contributed by atoms with Crippen molar-refractivity contribution in [1.29, 1.82) is 0 Å². The Kier molecular flexibility index (Phi) is 5.25. The van der Waals surface area contributed by atoms with Crippen LogP contribution in [0.15, 0.2) is 89.9 Å². The van der Waals surface area contributed by atoms with E-state index in [4.69, 9.17) is 17.0 Å². The summed E-state index contributed by atoms with van der Waals surface area (Å²) in [6.07, 6.45) is 0. The first-order valence-electron chi connectivity index (χ1n) is 9.24. The molecule has 0 radical (unpaired) electrons. The zero-order chi connectivity index (χ0) is 20.5. The summed E-state index contributed by atoms with van der Waals surface area (Å²) in [6, 6.07) is 26.2. The maximum Gasteiger partial charge on any atom is 0.258 e. The largest absolute Gasteiger partial charge is 0.415 e. The van der Waals surface area contributed by atoms with E-state index < -0.39 is 0 Å². The maximum atomic E-state index is 13.3. The molecule has 0 saturated carbocycles. The van der Waals surface area contributed by atoms with Crippen molar-refractivity contribution in [3.05, 3.63) is 105 Å². The van der Waals surface area contributed by atoms with Crippen molar-refractivity contribution < 1.29 is 9.13 Å². The molecule has 2 heterocycles. The van der Waals surface area contributed by atoms with E-state index in [1.54, 1.807) is 23.5 Å². The van der Waals surface area contributed by atoms with E-state index in [0.29, 0.717) is 16.8 Å². The molecule has 4 aromatic rings. The molecule has 7 heteroatoms. The van der Waals surface area contributed by atoms with Crippen LogP contribution in [-0.4, -0.2) is 9.80 Å². The minimum absolute atomic E-state index is 0.00538. The highest BCUT2D eigenvalue weighted by Gasteiger charge is 2.33. The van der Waals surface area contributed by atoms with Crippen LogP contribution in [-0.2, 0) is 0 Å². The van der Waals surface area contributed by atoms with Crippen molar-refractivity contribution in [1.82, 2.24) is 4.57 Å². The summed E-state index contributed by atoms with van der Waals surface area (Å²) < 4.78 is 22.2. The van der Waals surface area contributed by atoms with Gasteiger partial charge in [-0.15, -0.1) is 11.3 Å². The number of hydrogen-bond acceptors (Lipinski definition) is 5. The number of fused-ring (bicyclic) bond motifs is 1. The summed E-state index contributed by atoms with van der Waals surface area (Å²) in [5.41, 5.74) is 2.73.